The van der Waals surface area contributed by atoms with Gasteiger partial charge in [0.25, 0.3) is 0 Å². The molecule has 5 nitrogen and oxygen atoms in total. The first-order valence-electron chi connectivity index (χ1n) is 7.63. The number of esters is 1. The van der Waals surface area contributed by atoms with Gasteiger partial charge < -0.3 is 9.47 Å². The average molecular weight is 284 g/mol. The zero-order valence-corrected chi connectivity index (χ0v) is 13.1. The number of likely N-dealkylation sites (tertiary alicyclic amines) is 1. The lowest BCUT2D eigenvalue weighted by molar-refractivity contribution is -0.151. The van der Waals surface area contributed by atoms with Crippen molar-refractivity contribution >= 4 is 5.97 Å². The molecule has 1 saturated carbocycles. The van der Waals surface area contributed by atoms with Crippen LogP contribution in [-0.4, -0.2) is 62.4 Å². The predicted molar refractivity (Wildman–Crippen MR) is 77.6 cm³/mol. The number of carbonyl (C=O) groups is 1. The molecule has 0 aromatic carbocycles. The van der Waals surface area contributed by atoms with Crippen molar-refractivity contribution in [2.45, 2.75) is 50.8 Å². The summed E-state index contributed by atoms with van der Waals surface area (Å²) >= 11 is 0. The van der Waals surface area contributed by atoms with E-state index in [-0.39, 0.29) is 12.0 Å². The summed E-state index contributed by atoms with van der Waals surface area (Å²) < 4.78 is 10.5. The molecule has 20 heavy (non-hydrogen) atoms. The molecule has 0 aromatic heterocycles. The minimum Gasteiger partial charge on any atom is -0.468 e. The second-order valence-corrected chi connectivity index (χ2v) is 6.42. The molecule has 5 heteroatoms. The van der Waals surface area contributed by atoms with Gasteiger partial charge in [-0.1, -0.05) is 0 Å². The van der Waals surface area contributed by atoms with E-state index in [0.29, 0.717) is 12.0 Å². The fourth-order valence-electron chi connectivity index (χ4n) is 3.34. The molecule has 0 spiro atoms. The van der Waals surface area contributed by atoms with Crippen molar-refractivity contribution in [3.05, 3.63) is 0 Å². The predicted octanol–water partition coefficient (Wildman–Crippen LogP) is 1.03. The molecule has 1 heterocycles. The van der Waals surface area contributed by atoms with Crippen LogP contribution in [0.15, 0.2) is 0 Å². The molecule has 0 radical (unpaired) electrons. The van der Waals surface area contributed by atoms with Gasteiger partial charge in [0.15, 0.2) is 0 Å². The molecule has 1 aliphatic heterocycles. The highest BCUT2D eigenvalue weighted by Crippen LogP contribution is 2.41. The van der Waals surface area contributed by atoms with Crippen molar-refractivity contribution in [1.29, 1.82) is 0 Å². The fourth-order valence-corrected chi connectivity index (χ4v) is 3.34. The Labute approximate surface area is 122 Å². The third-order valence-electron chi connectivity index (χ3n) is 4.41. The zero-order chi connectivity index (χ0) is 14.8. The minimum absolute atomic E-state index is 0.116. The summed E-state index contributed by atoms with van der Waals surface area (Å²) in [5, 5.41) is 3.51. The number of nitrogens with zero attached hydrogens (tertiary/aromatic N) is 1. The lowest BCUT2D eigenvalue weighted by Crippen LogP contribution is -2.62. The molecule has 0 bridgehead atoms. The van der Waals surface area contributed by atoms with Gasteiger partial charge in [0.05, 0.1) is 13.2 Å². The number of hydrogen-bond donors (Lipinski definition) is 1. The van der Waals surface area contributed by atoms with Crippen molar-refractivity contribution in [3.8, 4) is 0 Å². The summed E-state index contributed by atoms with van der Waals surface area (Å²) in [6.45, 7) is 6.79. The molecule has 1 N–H and O–H groups in total. The number of carbonyl (C=O) groups excluding carboxylic acids is 1. The topological polar surface area (TPSA) is 50.8 Å². The molecule has 1 aliphatic carbocycles. The van der Waals surface area contributed by atoms with E-state index in [1.165, 1.54) is 7.11 Å². The van der Waals surface area contributed by atoms with Gasteiger partial charge in [-0.25, -0.2) is 4.79 Å². The Kier molecular flexibility index (Phi) is 5.04. The van der Waals surface area contributed by atoms with Crippen LogP contribution >= 0.6 is 0 Å². The van der Waals surface area contributed by atoms with E-state index in [9.17, 15) is 4.79 Å². The van der Waals surface area contributed by atoms with E-state index in [1.54, 1.807) is 7.11 Å². The van der Waals surface area contributed by atoms with E-state index in [0.717, 1.165) is 38.9 Å². The lowest BCUT2D eigenvalue weighted by Gasteiger charge is -2.37. The van der Waals surface area contributed by atoms with Gasteiger partial charge in [0.2, 0.25) is 0 Å². The van der Waals surface area contributed by atoms with Crippen molar-refractivity contribution in [2.75, 3.05) is 33.9 Å². The molecule has 2 atom stereocenters. The highest BCUT2D eigenvalue weighted by Gasteiger charge is 2.53. The summed E-state index contributed by atoms with van der Waals surface area (Å²) in [5.74, 6) is 0.286. The zero-order valence-electron chi connectivity index (χ0n) is 13.1. The third kappa shape index (κ3) is 3.32. The van der Waals surface area contributed by atoms with Crippen molar-refractivity contribution in [3.63, 3.8) is 0 Å². The number of methoxy groups -OCH3 is 2. The minimum atomic E-state index is -0.550. The average Bonchev–Trinajstić information content (AvgIpc) is 3.18. The molecular weight excluding hydrogens is 256 g/mol. The van der Waals surface area contributed by atoms with Gasteiger partial charge in [0.1, 0.15) is 5.54 Å². The van der Waals surface area contributed by atoms with Crippen molar-refractivity contribution < 1.29 is 14.3 Å². The van der Waals surface area contributed by atoms with Crippen LogP contribution < -0.4 is 5.32 Å². The molecule has 2 aliphatic rings. The largest absolute Gasteiger partial charge is 0.468 e. The van der Waals surface area contributed by atoms with Crippen LogP contribution in [0, 0.1) is 5.92 Å². The summed E-state index contributed by atoms with van der Waals surface area (Å²) in [4.78, 5) is 14.8. The number of ether oxygens (including phenoxy) is 2. The second-order valence-electron chi connectivity index (χ2n) is 6.42. The van der Waals surface area contributed by atoms with Gasteiger partial charge in [0, 0.05) is 32.8 Å². The van der Waals surface area contributed by atoms with Crippen LogP contribution in [0.1, 0.15) is 33.1 Å². The van der Waals surface area contributed by atoms with Crippen LogP contribution in [-0.2, 0) is 14.3 Å². The first kappa shape index (κ1) is 15.7. The number of rotatable bonds is 7. The SMILES string of the molecule is COC(=O)C(CN1CCC(OC)C1)(NC(C)C)C1CC1. The van der Waals surface area contributed by atoms with Crippen LogP contribution in [0.5, 0.6) is 0 Å². The van der Waals surface area contributed by atoms with Crippen molar-refractivity contribution in [2.24, 2.45) is 5.92 Å². The van der Waals surface area contributed by atoms with E-state index in [2.05, 4.69) is 24.1 Å². The van der Waals surface area contributed by atoms with Crippen LogP contribution in [0.4, 0.5) is 0 Å². The quantitative estimate of drug-likeness (QED) is 0.708. The maximum atomic E-state index is 12.4. The molecule has 0 aromatic rings. The molecule has 2 rings (SSSR count). The monoisotopic (exact) mass is 284 g/mol. The molecule has 116 valence electrons. The first-order chi connectivity index (χ1) is 9.51. The van der Waals surface area contributed by atoms with E-state index in [1.807, 2.05) is 0 Å². The maximum absolute atomic E-state index is 12.4. The van der Waals surface area contributed by atoms with Gasteiger partial charge in [-0.15, -0.1) is 0 Å². The Bertz CT molecular complexity index is 344. The summed E-state index contributed by atoms with van der Waals surface area (Å²) in [6, 6.07) is 0.260. The lowest BCUT2D eigenvalue weighted by atomic mass is 9.91. The van der Waals surface area contributed by atoms with Crippen LogP contribution in [0.2, 0.25) is 0 Å². The van der Waals surface area contributed by atoms with Crippen LogP contribution in [0.3, 0.4) is 0 Å². The molecule has 2 fully saturated rings. The fraction of sp³-hybridized carbons (Fsp3) is 0.933. The second kappa shape index (κ2) is 6.41. The van der Waals surface area contributed by atoms with Gasteiger partial charge in [-0.05, 0) is 39.0 Å². The van der Waals surface area contributed by atoms with E-state index < -0.39 is 5.54 Å². The molecular formula is C15H28N2O3. The normalized spacial score (nSPS) is 26.8. The summed E-state index contributed by atoms with van der Waals surface area (Å²) in [6.07, 6.45) is 3.55. The molecule has 0 amide bonds. The Morgan fingerprint density at radius 1 is 1.35 bits per heavy atom. The van der Waals surface area contributed by atoms with E-state index in [4.69, 9.17) is 9.47 Å². The Balaban J connectivity index is 2.11. The molecule has 2 unspecified atom stereocenters. The number of hydrogen-bond acceptors (Lipinski definition) is 5. The Morgan fingerprint density at radius 2 is 2.05 bits per heavy atom. The molecule has 1 saturated heterocycles. The Hall–Kier alpha value is -0.650. The third-order valence-corrected chi connectivity index (χ3v) is 4.41. The van der Waals surface area contributed by atoms with Crippen LogP contribution in [0.25, 0.3) is 0 Å². The van der Waals surface area contributed by atoms with Gasteiger partial charge >= 0.3 is 5.97 Å². The highest BCUT2D eigenvalue weighted by atomic mass is 16.5. The smallest absolute Gasteiger partial charge is 0.327 e. The first-order valence-corrected chi connectivity index (χ1v) is 7.63. The maximum Gasteiger partial charge on any atom is 0.327 e. The van der Waals surface area contributed by atoms with Gasteiger partial charge in [-0.2, -0.15) is 0 Å². The van der Waals surface area contributed by atoms with Gasteiger partial charge in [-0.3, -0.25) is 10.2 Å². The summed E-state index contributed by atoms with van der Waals surface area (Å²) in [5.41, 5.74) is -0.550. The van der Waals surface area contributed by atoms with E-state index >= 15 is 0 Å². The standard InChI is InChI=1S/C15H28N2O3/c1-11(2)16-15(12-5-6-12,14(18)20-4)10-17-8-7-13(9-17)19-3/h11-13,16H,5-10H2,1-4H3. The Morgan fingerprint density at radius 3 is 2.50 bits per heavy atom. The highest BCUT2D eigenvalue weighted by molar-refractivity contribution is 5.82. The summed E-state index contributed by atoms with van der Waals surface area (Å²) in [7, 11) is 3.25. The number of nitrogens with one attached hydrogen (secondary N) is 1. The van der Waals surface area contributed by atoms with Crippen molar-refractivity contribution in [1.82, 2.24) is 10.2 Å².